The molecule has 1 aromatic heterocycles. The number of nitrogens with zero attached hydrogens (tertiary/aromatic N) is 1. The Morgan fingerprint density at radius 3 is 2.64 bits per heavy atom. The highest BCUT2D eigenvalue weighted by molar-refractivity contribution is 5.89. The molecule has 132 valence electrons. The average molecular weight is 350 g/mol. The van der Waals surface area contributed by atoms with Gasteiger partial charge in [-0.05, 0) is 12.1 Å². The van der Waals surface area contributed by atoms with Crippen LogP contribution in [0.2, 0.25) is 0 Å². The van der Waals surface area contributed by atoms with Gasteiger partial charge in [0.25, 0.3) is 5.56 Å². The van der Waals surface area contributed by atoms with Crippen molar-refractivity contribution in [1.29, 1.82) is 0 Å². The summed E-state index contributed by atoms with van der Waals surface area (Å²) in [5, 5.41) is 9.39. The molecule has 1 aliphatic rings. The van der Waals surface area contributed by atoms with Gasteiger partial charge in [0.1, 0.15) is 6.10 Å². The molecule has 1 aromatic carbocycles. The van der Waals surface area contributed by atoms with Gasteiger partial charge in [0.05, 0.1) is 12.2 Å². The normalized spacial score (nSPS) is 25.7. The van der Waals surface area contributed by atoms with Crippen molar-refractivity contribution in [3.05, 3.63) is 69.0 Å². The maximum Gasteiger partial charge on any atom is 0.338 e. The number of esters is 1. The van der Waals surface area contributed by atoms with Crippen LogP contribution < -0.4 is 11.2 Å². The van der Waals surface area contributed by atoms with Crippen LogP contribution in [0, 0.1) is 0 Å². The average Bonchev–Trinajstić information content (AvgIpc) is 2.92. The van der Waals surface area contributed by atoms with E-state index in [4.69, 9.17) is 9.47 Å². The molecule has 3 rings (SSSR count). The Kier molecular flexibility index (Phi) is 4.77. The number of rotatable bonds is 4. The Bertz CT molecular complexity index is 865. The van der Waals surface area contributed by atoms with Gasteiger partial charge < -0.3 is 14.6 Å². The lowest BCUT2D eigenvalue weighted by Crippen LogP contribution is -2.37. The van der Waals surface area contributed by atoms with Gasteiger partial charge in [0, 0.05) is 12.3 Å². The van der Waals surface area contributed by atoms with Gasteiger partial charge in [0.15, 0.2) is 18.5 Å². The molecule has 0 aliphatic carbocycles. The number of aromatic nitrogens is 2. The quantitative estimate of drug-likeness (QED) is 0.751. The molecule has 1 saturated heterocycles. The largest absolute Gasteiger partial charge is 0.453 e. The summed E-state index contributed by atoms with van der Waals surface area (Å²) in [6.07, 6.45) is -4.81. The molecule has 8 nitrogen and oxygen atoms in total. The van der Waals surface area contributed by atoms with Crippen molar-refractivity contribution in [3.8, 4) is 0 Å². The molecule has 2 N–H and O–H groups in total. The van der Waals surface area contributed by atoms with E-state index in [9.17, 15) is 23.9 Å². The molecule has 1 fully saturated rings. The molecule has 0 amide bonds. The topological polar surface area (TPSA) is 111 Å². The number of aliphatic hydroxyl groups is 1. The fourth-order valence-corrected chi connectivity index (χ4v) is 2.60. The van der Waals surface area contributed by atoms with Crippen LogP contribution in [0.1, 0.15) is 16.6 Å². The van der Waals surface area contributed by atoms with Gasteiger partial charge in [0.2, 0.25) is 0 Å². The first kappa shape index (κ1) is 17.1. The van der Waals surface area contributed by atoms with E-state index in [1.54, 1.807) is 18.2 Å². The van der Waals surface area contributed by atoms with Crippen LogP contribution >= 0.6 is 0 Å². The zero-order valence-corrected chi connectivity index (χ0v) is 12.9. The number of H-pyrrole nitrogens is 1. The van der Waals surface area contributed by atoms with E-state index in [2.05, 4.69) is 0 Å². The Labute approximate surface area is 140 Å². The highest BCUT2D eigenvalue weighted by atomic mass is 19.1. The van der Waals surface area contributed by atoms with Crippen LogP contribution in [0.4, 0.5) is 4.39 Å². The molecule has 0 spiro atoms. The molecule has 0 radical (unpaired) electrons. The van der Waals surface area contributed by atoms with Gasteiger partial charge >= 0.3 is 11.7 Å². The number of carbonyl (C=O) groups excluding carboxylic acids is 1. The van der Waals surface area contributed by atoms with E-state index < -0.39 is 48.4 Å². The molecule has 9 heteroatoms. The minimum absolute atomic E-state index is 0.219. The van der Waals surface area contributed by atoms with E-state index in [1.165, 1.54) is 12.1 Å². The van der Waals surface area contributed by atoms with Crippen molar-refractivity contribution >= 4 is 5.97 Å². The van der Waals surface area contributed by atoms with E-state index >= 15 is 0 Å². The summed E-state index contributed by atoms with van der Waals surface area (Å²) in [5.74, 6) is -0.773. The summed E-state index contributed by atoms with van der Waals surface area (Å²) in [7, 11) is 0. The van der Waals surface area contributed by atoms with Gasteiger partial charge in [-0.15, -0.1) is 0 Å². The first-order valence-corrected chi connectivity index (χ1v) is 7.49. The predicted octanol–water partition coefficient (Wildman–Crippen LogP) is -0.01000. The molecule has 0 unspecified atom stereocenters. The number of aliphatic hydroxyl groups excluding tert-OH is 1. The fraction of sp³-hybridized carbons (Fsp3) is 0.312. The third kappa shape index (κ3) is 3.37. The summed E-state index contributed by atoms with van der Waals surface area (Å²) < 4.78 is 26.1. The molecule has 2 aromatic rings. The van der Waals surface area contributed by atoms with Crippen LogP contribution in [0.15, 0.2) is 52.2 Å². The van der Waals surface area contributed by atoms with E-state index in [1.807, 2.05) is 4.98 Å². The van der Waals surface area contributed by atoms with Crippen LogP contribution in [0.5, 0.6) is 0 Å². The minimum atomic E-state index is -1.91. The maximum atomic E-state index is 14.8. The number of carbonyl (C=O) groups is 1. The Balaban J connectivity index is 1.84. The predicted molar refractivity (Wildman–Crippen MR) is 82.9 cm³/mol. The summed E-state index contributed by atoms with van der Waals surface area (Å²) in [6.45, 7) is -0.609. The zero-order chi connectivity index (χ0) is 18.0. The number of benzene rings is 1. The van der Waals surface area contributed by atoms with Crippen LogP contribution in [-0.2, 0) is 9.47 Å². The molecular formula is C16H15FN2O6. The van der Waals surface area contributed by atoms with Gasteiger partial charge in [-0.1, -0.05) is 18.2 Å². The van der Waals surface area contributed by atoms with Gasteiger partial charge in [-0.3, -0.25) is 14.3 Å². The number of halogens is 1. The maximum absolute atomic E-state index is 14.8. The summed E-state index contributed by atoms with van der Waals surface area (Å²) in [5.41, 5.74) is -1.29. The van der Waals surface area contributed by atoms with Crippen LogP contribution in [0.3, 0.4) is 0 Å². The molecule has 1 aliphatic heterocycles. The molecular weight excluding hydrogens is 335 g/mol. The Hall–Kier alpha value is -2.78. The van der Waals surface area contributed by atoms with Crippen molar-refractivity contribution in [2.45, 2.75) is 24.6 Å². The van der Waals surface area contributed by atoms with Crippen LogP contribution in [-0.4, -0.2) is 45.6 Å². The molecule has 0 saturated carbocycles. The third-order valence-electron chi connectivity index (χ3n) is 3.82. The number of ether oxygens (including phenoxy) is 2. The summed E-state index contributed by atoms with van der Waals surface area (Å²) in [4.78, 5) is 37.0. The van der Waals surface area contributed by atoms with Crippen molar-refractivity contribution in [1.82, 2.24) is 9.55 Å². The fourth-order valence-electron chi connectivity index (χ4n) is 2.60. The first-order chi connectivity index (χ1) is 12.0. The molecule has 25 heavy (non-hydrogen) atoms. The molecule has 0 bridgehead atoms. The standard InChI is InChI=1S/C16H15FN2O6/c17-12-13(25-15(22)9-4-2-1-3-5-9)10(8-20)24-14(12)19-7-6-11(21)18-16(19)23/h1-7,10,12-14,20H,8H2,(H,18,21,23)/t10-,12-,13-,14-/m1/s1. The smallest absolute Gasteiger partial charge is 0.338 e. The minimum Gasteiger partial charge on any atom is -0.453 e. The first-order valence-electron chi connectivity index (χ1n) is 7.49. The third-order valence-corrected chi connectivity index (χ3v) is 3.82. The number of hydrogen-bond donors (Lipinski definition) is 2. The number of hydrogen-bond acceptors (Lipinski definition) is 6. The van der Waals surface area contributed by atoms with Crippen LogP contribution in [0.25, 0.3) is 0 Å². The second kappa shape index (κ2) is 6.99. The van der Waals surface area contributed by atoms with Crippen molar-refractivity contribution in [3.63, 3.8) is 0 Å². The van der Waals surface area contributed by atoms with E-state index in [-0.39, 0.29) is 5.56 Å². The van der Waals surface area contributed by atoms with Crippen molar-refractivity contribution in [2.75, 3.05) is 6.61 Å². The lowest BCUT2D eigenvalue weighted by molar-refractivity contribution is -0.0533. The molecule has 4 atom stereocenters. The highest BCUT2D eigenvalue weighted by Crippen LogP contribution is 2.33. The van der Waals surface area contributed by atoms with E-state index in [0.29, 0.717) is 0 Å². The SMILES string of the molecule is O=C(O[C@H]1[C@@H](F)[C@H](n2ccc(=O)[nH]c2=O)O[C@@H]1CO)c1ccccc1. The second-order valence-electron chi connectivity index (χ2n) is 5.45. The zero-order valence-electron chi connectivity index (χ0n) is 12.9. The highest BCUT2D eigenvalue weighted by Gasteiger charge is 2.48. The monoisotopic (exact) mass is 350 g/mol. The van der Waals surface area contributed by atoms with Gasteiger partial charge in [-0.2, -0.15) is 0 Å². The number of aromatic amines is 1. The Morgan fingerprint density at radius 1 is 1.28 bits per heavy atom. The van der Waals surface area contributed by atoms with Gasteiger partial charge in [-0.25, -0.2) is 14.0 Å². The molecule has 2 heterocycles. The number of alkyl halides is 1. The second-order valence-corrected chi connectivity index (χ2v) is 5.45. The lowest BCUT2D eigenvalue weighted by atomic mass is 10.1. The van der Waals surface area contributed by atoms with Crippen molar-refractivity contribution < 1.29 is 23.8 Å². The Morgan fingerprint density at radius 2 is 2.00 bits per heavy atom. The van der Waals surface area contributed by atoms with Crippen molar-refractivity contribution in [2.24, 2.45) is 0 Å². The number of nitrogens with one attached hydrogen (secondary N) is 1. The lowest BCUT2D eigenvalue weighted by Gasteiger charge is -2.18. The summed E-state index contributed by atoms with van der Waals surface area (Å²) in [6, 6.07) is 9.01. The summed E-state index contributed by atoms with van der Waals surface area (Å²) >= 11 is 0. The van der Waals surface area contributed by atoms with E-state index in [0.717, 1.165) is 16.8 Å².